The van der Waals surface area contributed by atoms with E-state index >= 15 is 0 Å². The van der Waals surface area contributed by atoms with Gasteiger partial charge in [0.1, 0.15) is 5.69 Å². The molecule has 1 aromatic carbocycles. The van der Waals surface area contributed by atoms with Crippen LogP contribution in [0.2, 0.25) is 0 Å². The maximum absolute atomic E-state index is 12.4. The van der Waals surface area contributed by atoms with Crippen molar-refractivity contribution in [2.45, 2.75) is 6.18 Å². The lowest BCUT2D eigenvalue weighted by atomic mass is 10.2. The Morgan fingerprint density at radius 1 is 1.18 bits per heavy atom. The van der Waals surface area contributed by atoms with E-state index in [1.165, 1.54) is 12.1 Å². The molecule has 0 fully saturated rings. The maximum atomic E-state index is 12.4. The van der Waals surface area contributed by atoms with Gasteiger partial charge < -0.3 is 17.2 Å². The van der Waals surface area contributed by atoms with Crippen LogP contribution in [0.1, 0.15) is 5.56 Å². The number of benzene rings is 1. The molecule has 0 heterocycles. The molecule has 0 aliphatic heterocycles. The number of hydrogen-bond donors (Lipinski definition) is 4. The highest BCUT2D eigenvalue weighted by molar-refractivity contribution is 5.79. The summed E-state index contributed by atoms with van der Waals surface area (Å²) in [5, 5.41) is 0. The minimum atomic E-state index is -4.42. The fourth-order valence-corrected chi connectivity index (χ4v) is 1.07. The molecule has 0 bridgehead atoms. The van der Waals surface area contributed by atoms with E-state index in [0.29, 0.717) is 0 Å². The van der Waals surface area contributed by atoms with E-state index in [-0.39, 0.29) is 17.6 Å². The van der Waals surface area contributed by atoms with Gasteiger partial charge in [0.05, 0.1) is 5.56 Å². The van der Waals surface area contributed by atoms with Gasteiger partial charge in [-0.2, -0.15) is 13.2 Å². The van der Waals surface area contributed by atoms with Crippen LogP contribution in [0.5, 0.6) is 0 Å². The van der Waals surface area contributed by atoms with Crippen LogP contribution in [0.25, 0.3) is 0 Å². The van der Waals surface area contributed by atoms with Gasteiger partial charge in [-0.05, 0) is 18.2 Å². The van der Waals surface area contributed by atoms with Crippen LogP contribution in [0, 0.1) is 0 Å². The average molecular weight is 246 g/mol. The van der Waals surface area contributed by atoms with Crippen molar-refractivity contribution in [3.05, 3.63) is 29.8 Å². The molecule has 0 saturated heterocycles. The van der Waals surface area contributed by atoms with Gasteiger partial charge in [-0.1, -0.05) is 6.07 Å². The second-order valence-electron chi connectivity index (χ2n) is 3.13. The van der Waals surface area contributed by atoms with Gasteiger partial charge in [0, 0.05) is 0 Å². The van der Waals surface area contributed by atoms with Crippen LogP contribution in [0.3, 0.4) is 0 Å². The zero-order valence-corrected chi connectivity index (χ0v) is 8.62. The Balaban J connectivity index is 3.05. The molecule has 0 spiro atoms. The van der Waals surface area contributed by atoms with Crippen LogP contribution in [0.15, 0.2) is 29.3 Å². The Morgan fingerprint density at radius 2 is 1.82 bits per heavy atom. The van der Waals surface area contributed by atoms with E-state index < -0.39 is 11.7 Å². The van der Waals surface area contributed by atoms with Crippen LogP contribution in [0.4, 0.5) is 18.9 Å². The zero-order valence-electron chi connectivity index (χ0n) is 8.62. The van der Waals surface area contributed by atoms with Gasteiger partial charge in [0.15, 0.2) is 0 Å². The van der Waals surface area contributed by atoms with Crippen molar-refractivity contribution in [1.29, 1.82) is 0 Å². The Bertz CT molecular complexity index is 460. The van der Waals surface area contributed by atoms with Gasteiger partial charge in [0.25, 0.3) is 5.96 Å². The van der Waals surface area contributed by atoms with Crippen LogP contribution in [-0.4, -0.2) is 11.9 Å². The normalized spacial score (nSPS) is 12.3. The molecule has 1 aromatic rings. The number of aliphatic imine (C=N–C) groups is 1. The number of guanidine groups is 2. The van der Waals surface area contributed by atoms with Crippen molar-refractivity contribution < 1.29 is 18.2 Å². The molecule has 0 aromatic heterocycles. The number of nitrogens with one attached hydrogen (secondary N) is 1. The van der Waals surface area contributed by atoms with Crippen molar-refractivity contribution in [2.24, 2.45) is 22.2 Å². The first kappa shape index (κ1) is 12.8. The molecular formula is C9H11F3N5+. The lowest BCUT2D eigenvalue weighted by molar-refractivity contribution is -0.320. The number of hydrogen-bond acceptors (Lipinski definition) is 1. The topological polar surface area (TPSA) is 104 Å². The molecule has 17 heavy (non-hydrogen) atoms. The zero-order chi connectivity index (χ0) is 13.1. The number of nitrogens with zero attached hydrogens (tertiary/aromatic N) is 1. The first-order valence-electron chi connectivity index (χ1n) is 4.45. The summed E-state index contributed by atoms with van der Waals surface area (Å²) in [6.07, 6.45) is -4.42. The summed E-state index contributed by atoms with van der Waals surface area (Å²) in [5.74, 6) is -0.387. The second-order valence-corrected chi connectivity index (χ2v) is 3.13. The molecule has 92 valence electrons. The summed E-state index contributed by atoms with van der Waals surface area (Å²) in [6, 6.07) is 4.40. The van der Waals surface area contributed by atoms with Gasteiger partial charge >= 0.3 is 12.1 Å². The summed E-state index contributed by atoms with van der Waals surface area (Å²) in [7, 11) is 0. The molecular weight excluding hydrogens is 235 g/mol. The predicted octanol–water partition coefficient (Wildman–Crippen LogP) is -0.994. The third-order valence-corrected chi connectivity index (χ3v) is 1.70. The maximum Gasteiger partial charge on any atom is 0.416 e. The van der Waals surface area contributed by atoms with Gasteiger partial charge in [-0.15, -0.1) is 4.99 Å². The highest BCUT2D eigenvalue weighted by Crippen LogP contribution is 2.31. The summed E-state index contributed by atoms with van der Waals surface area (Å²) < 4.78 is 37.1. The summed E-state index contributed by atoms with van der Waals surface area (Å²) in [4.78, 5) is 5.94. The number of rotatable bonds is 1. The van der Waals surface area contributed by atoms with Crippen LogP contribution >= 0.6 is 0 Å². The molecule has 5 nitrogen and oxygen atoms in total. The smallest absolute Gasteiger partial charge is 0.323 e. The molecule has 0 amide bonds. The Labute approximate surface area is 94.8 Å². The Morgan fingerprint density at radius 3 is 2.35 bits per heavy atom. The SMILES string of the molecule is NC(=Nc1cccc(C(F)(F)F)c1)[NH+]=C(N)N. The molecule has 0 aliphatic rings. The quantitative estimate of drug-likeness (QED) is 0.377. The second kappa shape index (κ2) is 4.73. The van der Waals surface area contributed by atoms with E-state index in [4.69, 9.17) is 17.2 Å². The summed E-state index contributed by atoms with van der Waals surface area (Å²) in [5.41, 5.74) is 14.8. The lowest BCUT2D eigenvalue weighted by Gasteiger charge is -2.05. The molecule has 0 saturated carbocycles. The molecule has 0 radical (unpaired) electrons. The molecule has 0 aliphatic carbocycles. The molecule has 0 unspecified atom stereocenters. The minimum absolute atomic E-state index is 0.0473. The number of nitrogens with two attached hydrogens (primary N) is 3. The average Bonchev–Trinajstić information content (AvgIpc) is 2.15. The summed E-state index contributed by atoms with van der Waals surface area (Å²) >= 11 is 0. The van der Waals surface area contributed by atoms with Gasteiger partial charge in [-0.3, -0.25) is 0 Å². The highest BCUT2D eigenvalue weighted by Gasteiger charge is 2.30. The van der Waals surface area contributed by atoms with Crippen molar-refractivity contribution in [1.82, 2.24) is 0 Å². The first-order chi connectivity index (χ1) is 7.79. The third kappa shape index (κ3) is 4.01. The fourth-order valence-electron chi connectivity index (χ4n) is 1.07. The molecule has 1 rings (SSSR count). The molecule has 7 N–H and O–H groups in total. The predicted molar refractivity (Wildman–Crippen MR) is 57.1 cm³/mol. The van der Waals surface area contributed by atoms with Gasteiger partial charge in [0.2, 0.25) is 0 Å². The van der Waals surface area contributed by atoms with Crippen molar-refractivity contribution >= 4 is 17.6 Å². The molecule has 0 atom stereocenters. The van der Waals surface area contributed by atoms with E-state index in [2.05, 4.69) is 9.98 Å². The third-order valence-electron chi connectivity index (χ3n) is 1.70. The standard InChI is InChI=1S/C9H10F3N5/c10-9(11,12)5-2-1-3-6(4-5)16-8(15)17-7(13)14/h1-4H,(H6,13,14,15,16,17)/p+1. The van der Waals surface area contributed by atoms with Crippen molar-refractivity contribution in [2.75, 3.05) is 0 Å². The monoisotopic (exact) mass is 246 g/mol. The van der Waals surface area contributed by atoms with E-state index in [0.717, 1.165) is 12.1 Å². The van der Waals surface area contributed by atoms with Crippen LogP contribution < -0.4 is 22.2 Å². The lowest BCUT2D eigenvalue weighted by Crippen LogP contribution is -2.84. The highest BCUT2D eigenvalue weighted by atomic mass is 19.4. The van der Waals surface area contributed by atoms with E-state index in [1.807, 2.05) is 0 Å². The van der Waals surface area contributed by atoms with E-state index in [1.54, 1.807) is 0 Å². The largest absolute Gasteiger partial charge is 0.416 e. The Hall–Kier alpha value is -2.25. The first-order valence-corrected chi connectivity index (χ1v) is 4.45. The number of halogens is 3. The summed E-state index contributed by atoms with van der Waals surface area (Å²) in [6.45, 7) is 0. The fraction of sp³-hybridized carbons (Fsp3) is 0.111. The van der Waals surface area contributed by atoms with Crippen molar-refractivity contribution in [3.8, 4) is 0 Å². The molecule has 8 heteroatoms. The van der Waals surface area contributed by atoms with Crippen LogP contribution in [-0.2, 0) is 6.18 Å². The number of alkyl halides is 3. The van der Waals surface area contributed by atoms with E-state index in [9.17, 15) is 13.2 Å². The minimum Gasteiger partial charge on any atom is -0.323 e. The van der Waals surface area contributed by atoms with Crippen molar-refractivity contribution in [3.63, 3.8) is 0 Å². The Kier molecular flexibility index (Phi) is 3.56. The van der Waals surface area contributed by atoms with Gasteiger partial charge in [-0.25, -0.2) is 4.99 Å².